The normalized spacial score (nSPS) is 18.3. The van der Waals surface area contributed by atoms with Crippen molar-refractivity contribution in [3.8, 4) is 0 Å². The van der Waals surface area contributed by atoms with Crippen LogP contribution in [0.2, 0.25) is 0 Å². The molecule has 2 rings (SSSR count). The fourth-order valence-electron chi connectivity index (χ4n) is 2.75. The van der Waals surface area contributed by atoms with Gasteiger partial charge in [-0.25, -0.2) is 0 Å². The van der Waals surface area contributed by atoms with E-state index in [1.54, 1.807) is 4.90 Å². The minimum Gasteiger partial charge on any atom is -0.337 e. The van der Waals surface area contributed by atoms with Gasteiger partial charge in [0.25, 0.3) is 11.5 Å². The summed E-state index contributed by atoms with van der Waals surface area (Å²) in [5, 5.41) is 3.01. The minimum atomic E-state index is -0.423. The Labute approximate surface area is 140 Å². The van der Waals surface area contributed by atoms with Crippen LogP contribution in [0.5, 0.6) is 0 Å². The first-order valence-electron chi connectivity index (χ1n) is 7.92. The van der Waals surface area contributed by atoms with Gasteiger partial charge in [-0.3, -0.25) is 14.4 Å². The predicted octanol–water partition coefficient (Wildman–Crippen LogP) is 2.08. The number of anilines is 1. The molecule has 1 atom stereocenters. The van der Waals surface area contributed by atoms with Gasteiger partial charge in [0.15, 0.2) is 0 Å². The zero-order chi connectivity index (χ0) is 16.8. The van der Waals surface area contributed by atoms with Gasteiger partial charge in [0.1, 0.15) is 5.56 Å². The smallest absolute Gasteiger partial charge is 0.260 e. The van der Waals surface area contributed by atoms with Crippen LogP contribution in [0.25, 0.3) is 0 Å². The van der Waals surface area contributed by atoms with Crippen molar-refractivity contribution in [2.75, 3.05) is 24.2 Å². The van der Waals surface area contributed by atoms with Crippen LogP contribution < -0.4 is 10.9 Å². The summed E-state index contributed by atoms with van der Waals surface area (Å²) in [5.74, 6) is 0.511. The molecule has 2 amide bonds. The third-order valence-electron chi connectivity index (χ3n) is 3.77. The molecule has 23 heavy (non-hydrogen) atoms. The van der Waals surface area contributed by atoms with E-state index in [1.165, 1.54) is 19.2 Å². The Hall–Kier alpha value is -1.76. The van der Waals surface area contributed by atoms with Crippen molar-refractivity contribution in [1.82, 2.24) is 9.88 Å². The molecule has 0 aliphatic carbocycles. The van der Waals surface area contributed by atoms with Gasteiger partial charge in [0.05, 0.1) is 5.69 Å². The van der Waals surface area contributed by atoms with Gasteiger partial charge < -0.3 is 15.2 Å². The van der Waals surface area contributed by atoms with Gasteiger partial charge in [-0.2, -0.15) is 11.8 Å². The van der Waals surface area contributed by atoms with Crippen LogP contribution >= 0.6 is 11.8 Å². The summed E-state index contributed by atoms with van der Waals surface area (Å²) in [6.45, 7) is 4.84. The molecule has 1 aromatic heterocycles. The molecular weight excluding hydrogens is 314 g/mol. The second-order valence-electron chi connectivity index (χ2n) is 5.64. The van der Waals surface area contributed by atoms with Crippen LogP contribution in [-0.2, 0) is 4.79 Å². The number of carbonyl (C=O) groups excluding carboxylic acids is 2. The van der Waals surface area contributed by atoms with Gasteiger partial charge in [-0.15, -0.1) is 0 Å². The second kappa shape index (κ2) is 8.19. The van der Waals surface area contributed by atoms with E-state index in [1.807, 2.05) is 11.8 Å². The Morgan fingerprint density at radius 1 is 1.43 bits per heavy atom. The number of rotatable bonds is 4. The molecular formula is C16H23N3O3S. The second-order valence-corrected chi connectivity index (χ2v) is 7.21. The Kier molecular flexibility index (Phi) is 6.27. The number of nitrogens with one attached hydrogen (secondary N) is 2. The van der Waals surface area contributed by atoms with E-state index in [0.717, 1.165) is 25.0 Å². The van der Waals surface area contributed by atoms with E-state index in [-0.39, 0.29) is 17.4 Å². The SMILES string of the molecule is CCSC1CCCCN(C(=O)c2cc(NC(C)=O)c[nH]c2=O)C1. The molecule has 126 valence electrons. The highest BCUT2D eigenvalue weighted by atomic mass is 32.2. The molecule has 1 aliphatic heterocycles. The monoisotopic (exact) mass is 337 g/mol. The van der Waals surface area contributed by atoms with Crippen LogP contribution in [0.15, 0.2) is 17.1 Å². The third-order valence-corrected chi connectivity index (χ3v) is 4.96. The lowest BCUT2D eigenvalue weighted by atomic mass is 10.2. The standard InChI is InChI=1S/C16H23N3O3S/c1-3-23-13-6-4-5-7-19(10-13)16(22)14-8-12(18-11(2)20)9-17-15(14)21/h8-9,13H,3-7,10H2,1-2H3,(H,17,21)(H,18,20). The van der Waals surface area contributed by atoms with Gasteiger partial charge in [0.2, 0.25) is 5.91 Å². The number of thioether (sulfide) groups is 1. The number of pyridine rings is 1. The molecule has 6 nitrogen and oxygen atoms in total. The minimum absolute atomic E-state index is 0.0819. The predicted molar refractivity (Wildman–Crippen MR) is 93.0 cm³/mol. The third kappa shape index (κ3) is 4.86. The van der Waals surface area contributed by atoms with Crippen molar-refractivity contribution in [2.45, 2.75) is 38.4 Å². The maximum Gasteiger partial charge on any atom is 0.260 e. The summed E-state index contributed by atoms with van der Waals surface area (Å²) >= 11 is 1.86. The van der Waals surface area contributed by atoms with Crippen LogP contribution in [-0.4, -0.2) is 45.8 Å². The van der Waals surface area contributed by atoms with Crippen LogP contribution in [0, 0.1) is 0 Å². The van der Waals surface area contributed by atoms with Crippen molar-refractivity contribution >= 4 is 29.3 Å². The van der Waals surface area contributed by atoms with Gasteiger partial charge in [-0.1, -0.05) is 13.3 Å². The number of likely N-dealkylation sites (tertiary alicyclic amines) is 1. The Morgan fingerprint density at radius 2 is 2.22 bits per heavy atom. The fourth-order valence-corrected chi connectivity index (χ4v) is 3.84. The van der Waals surface area contributed by atoms with E-state index in [2.05, 4.69) is 17.2 Å². The van der Waals surface area contributed by atoms with Gasteiger partial charge >= 0.3 is 0 Å². The number of H-pyrrole nitrogens is 1. The highest BCUT2D eigenvalue weighted by molar-refractivity contribution is 7.99. The highest BCUT2D eigenvalue weighted by Gasteiger charge is 2.24. The van der Waals surface area contributed by atoms with Crippen LogP contribution in [0.1, 0.15) is 43.5 Å². The van der Waals surface area contributed by atoms with Crippen molar-refractivity contribution in [3.05, 3.63) is 28.2 Å². The number of amides is 2. The molecule has 1 fully saturated rings. The van der Waals surface area contributed by atoms with E-state index in [4.69, 9.17) is 0 Å². The summed E-state index contributed by atoms with van der Waals surface area (Å²) in [4.78, 5) is 40.2. The zero-order valence-corrected chi connectivity index (χ0v) is 14.4. The van der Waals surface area contributed by atoms with Crippen LogP contribution in [0.3, 0.4) is 0 Å². The molecule has 2 heterocycles. The lowest BCUT2D eigenvalue weighted by Gasteiger charge is -2.24. The maximum atomic E-state index is 12.7. The molecule has 1 aromatic rings. The Bertz CT molecular complexity index is 629. The van der Waals surface area contributed by atoms with Gasteiger partial charge in [0, 0.05) is 31.5 Å². The summed E-state index contributed by atoms with van der Waals surface area (Å²) in [7, 11) is 0. The number of carbonyl (C=O) groups is 2. The highest BCUT2D eigenvalue weighted by Crippen LogP contribution is 2.23. The first kappa shape index (κ1) is 17.6. The van der Waals surface area contributed by atoms with Gasteiger partial charge in [-0.05, 0) is 24.7 Å². The summed E-state index contributed by atoms with van der Waals surface area (Å²) in [6.07, 6.45) is 4.56. The summed E-state index contributed by atoms with van der Waals surface area (Å²) in [5.41, 5.74) is 0.0844. The summed E-state index contributed by atoms with van der Waals surface area (Å²) in [6, 6.07) is 1.45. The topological polar surface area (TPSA) is 82.3 Å². The van der Waals surface area contributed by atoms with Crippen molar-refractivity contribution in [3.63, 3.8) is 0 Å². The molecule has 0 bridgehead atoms. The Balaban J connectivity index is 2.20. The molecule has 0 spiro atoms. The van der Waals surface area contributed by atoms with E-state index in [0.29, 0.717) is 24.0 Å². The molecule has 1 aliphatic rings. The molecule has 7 heteroatoms. The molecule has 1 unspecified atom stereocenters. The first-order chi connectivity index (χ1) is 11.0. The molecule has 0 saturated carbocycles. The number of aromatic amines is 1. The molecule has 1 saturated heterocycles. The number of aromatic nitrogens is 1. The Morgan fingerprint density at radius 3 is 2.91 bits per heavy atom. The number of hydrogen-bond acceptors (Lipinski definition) is 4. The zero-order valence-electron chi connectivity index (χ0n) is 13.6. The quantitative estimate of drug-likeness (QED) is 0.881. The van der Waals surface area contributed by atoms with Crippen molar-refractivity contribution in [1.29, 1.82) is 0 Å². The first-order valence-corrected chi connectivity index (χ1v) is 8.97. The fraction of sp³-hybridized carbons (Fsp3) is 0.562. The average molecular weight is 337 g/mol. The number of nitrogens with zero attached hydrogens (tertiary/aromatic N) is 1. The molecule has 0 radical (unpaired) electrons. The van der Waals surface area contributed by atoms with Crippen molar-refractivity contribution in [2.24, 2.45) is 0 Å². The average Bonchev–Trinajstić information content (AvgIpc) is 2.74. The van der Waals surface area contributed by atoms with E-state index < -0.39 is 5.56 Å². The molecule has 2 N–H and O–H groups in total. The van der Waals surface area contributed by atoms with E-state index >= 15 is 0 Å². The summed E-state index contributed by atoms with van der Waals surface area (Å²) < 4.78 is 0. The largest absolute Gasteiger partial charge is 0.337 e. The lowest BCUT2D eigenvalue weighted by Crippen LogP contribution is -2.38. The maximum absolute atomic E-state index is 12.7. The number of hydrogen-bond donors (Lipinski definition) is 2. The molecule has 0 aromatic carbocycles. The lowest BCUT2D eigenvalue weighted by molar-refractivity contribution is -0.114. The van der Waals surface area contributed by atoms with E-state index in [9.17, 15) is 14.4 Å². The van der Waals surface area contributed by atoms with Crippen molar-refractivity contribution < 1.29 is 9.59 Å². The van der Waals surface area contributed by atoms with Crippen LogP contribution in [0.4, 0.5) is 5.69 Å².